The van der Waals surface area contributed by atoms with Crippen LogP contribution in [-0.4, -0.2) is 14.5 Å². The number of hydrogen-bond donors (Lipinski definition) is 0. The lowest BCUT2D eigenvalue weighted by Gasteiger charge is -2.15. The number of fused-ring (bicyclic) bond motifs is 16. The SMILES string of the molecule is c1ccc(-c2ccc(-c3nc(-n4c5ccccc5c5c6oc7ccccc7c6c6c(ccc7oc8ccccc8c76)c54)nc4ccccc34)c3ccccc23)cc1. The first kappa shape index (κ1) is 30.6. The fourth-order valence-corrected chi connectivity index (χ4v) is 9.42. The fourth-order valence-electron chi connectivity index (χ4n) is 9.42. The molecule has 4 aromatic heterocycles. The topological polar surface area (TPSA) is 57.0 Å². The maximum atomic E-state index is 6.94. The number of rotatable bonds is 3. The normalized spacial score (nSPS) is 12.2. The number of benzene rings is 9. The van der Waals surface area contributed by atoms with Crippen LogP contribution in [0.1, 0.15) is 0 Å². The lowest BCUT2D eigenvalue weighted by Crippen LogP contribution is -2.04. The molecule has 0 amide bonds. The van der Waals surface area contributed by atoms with Gasteiger partial charge in [-0.05, 0) is 58.3 Å². The number of aromatic nitrogens is 3. The van der Waals surface area contributed by atoms with Crippen molar-refractivity contribution in [2.24, 2.45) is 0 Å². The van der Waals surface area contributed by atoms with E-state index in [0.29, 0.717) is 5.95 Å². The highest BCUT2D eigenvalue weighted by molar-refractivity contribution is 6.40. The zero-order valence-corrected chi connectivity index (χ0v) is 30.4. The molecule has 0 aliphatic heterocycles. The molecule has 0 fully saturated rings. The minimum atomic E-state index is 0.597. The zero-order chi connectivity index (χ0) is 37.2. The van der Waals surface area contributed by atoms with Crippen molar-refractivity contribution in [3.05, 3.63) is 176 Å². The predicted molar refractivity (Wildman–Crippen MR) is 234 cm³/mol. The molecule has 0 N–H and O–H groups in total. The molecule has 0 bridgehead atoms. The van der Waals surface area contributed by atoms with Crippen LogP contribution in [0.15, 0.2) is 185 Å². The van der Waals surface area contributed by atoms with Crippen molar-refractivity contribution < 1.29 is 8.83 Å². The van der Waals surface area contributed by atoms with E-state index >= 15 is 0 Å². The van der Waals surface area contributed by atoms with E-state index < -0.39 is 0 Å². The summed E-state index contributed by atoms with van der Waals surface area (Å²) in [6.45, 7) is 0. The monoisotopic (exact) mass is 727 g/mol. The van der Waals surface area contributed by atoms with Crippen molar-refractivity contribution >= 4 is 98.1 Å². The Labute approximate surface area is 324 Å². The quantitative estimate of drug-likeness (QED) is 0.182. The average molecular weight is 728 g/mol. The van der Waals surface area contributed by atoms with Crippen molar-refractivity contribution in [2.75, 3.05) is 0 Å². The summed E-state index contributed by atoms with van der Waals surface area (Å²) in [4.78, 5) is 11.0. The third kappa shape index (κ3) is 4.17. The number of hydrogen-bond acceptors (Lipinski definition) is 4. The molecule has 13 rings (SSSR count). The van der Waals surface area contributed by atoms with E-state index in [1.54, 1.807) is 0 Å². The summed E-state index contributed by atoms with van der Waals surface area (Å²) in [6, 6.07) is 61.6. The molecule has 0 saturated carbocycles. The highest BCUT2D eigenvalue weighted by Gasteiger charge is 2.27. The van der Waals surface area contributed by atoms with Crippen LogP contribution in [-0.2, 0) is 0 Å². The smallest absolute Gasteiger partial charge is 0.235 e. The van der Waals surface area contributed by atoms with Crippen molar-refractivity contribution in [1.82, 2.24) is 14.5 Å². The number of nitrogens with zero attached hydrogens (tertiary/aromatic N) is 3. The van der Waals surface area contributed by atoms with E-state index in [9.17, 15) is 0 Å². The molecule has 0 atom stereocenters. The molecule has 5 nitrogen and oxygen atoms in total. The lowest BCUT2D eigenvalue weighted by molar-refractivity contribution is 0.669. The molecular formula is C52H29N3O2. The van der Waals surface area contributed by atoms with Gasteiger partial charge in [-0.1, -0.05) is 140 Å². The van der Waals surface area contributed by atoms with Gasteiger partial charge in [0, 0.05) is 48.7 Å². The Morgan fingerprint density at radius 1 is 0.368 bits per heavy atom. The van der Waals surface area contributed by atoms with Gasteiger partial charge >= 0.3 is 0 Å². The van der Waals surface area contributed by atoms with Gasteiger partial charge in [0.2, 0.25) is 5.95 Å². The highest BCUT2D eigenvalue weighted by atomic mass is 16.3. The molecule has 0 aliphatic rings. The van der Waals surface area contributed by atoms with Crippen LogP contribution in [0.2, 0.25) is 0 Å². The van der Waals surface area contributed by atoms with Gasteiger partial charge in [-0.2, -0.15) is 0 Å². The van der Waals surface area contributed by atoms with E-state index in [0.717, 1.165) is 104 Å². The van der Waals surface area contributed by atoms with Crippen LogP contribution in [0.25, 0.3) is 126 Å². The van der Waals surface area contributed by atoms with Crippen molar-refractivity contribution in [3.8, 4) is 28.3 Å². The van der Waals surface area contributed by atoms with Crippen LogP contribution in [0, 0.1) is 0 Å². The molecule has 4 heterocycles. The van der Waals surface area contributed by atoms with Gasteiger partial charge in [-0.15, -0.1) is 0 Å². The summed E-state index contributed by atoms with van der Waals surface area (Å²) in [5.41, 5.74) is 10.6. The molecule has 13 aromatic rings. The Kier molecular flexibility index (Phi) is 6.10. The molecule has 0 saturated heterocycles. The maximum absolute atomic E-state index is 6.94. The van der Waals surface area contributed by atoms with Gasteiger partial charge < -0.3 is 8.83 Å². The van der Waals surface area contributed by atoms with E-state index in [1.807, 2.05) is 18.2 Å². The Hall–Kier alpha value is -7.76. The molecule has 5 heteroatoms. The molecular weight excluding hydrogens is 699 g/mol. The minimum Gasteiger partial charge on any atom is -0.456 e. The van der Waals surface area contributed by atoms with Crippen molar-refractivity contribution in [1.29, 1.82) is 0 Å². The van der Waals surface area contributed by atoms with Crippen LogP contribution < -0.4 is 0 Å². The summed E-state index contributed by atoms with van der Waals surface area (Å²) in [5, 5.41) is 11.9. The van der Waals surface area contributed by atoms with E-state index in [-0.39, 0.29) is 0 Å². The molecule has 0 unspecified atom stereocenters. The third-order valence-corrected chi connectivity index (χ3v) is 11.8. The van der Waals surface area contributed by atoms with Crippen molar-refractivity contribution in [3.63, 3.8) is 0 Å². The first-order chi connectivity index (χ1) is 28.3. The summed E-state index contributed by atoms with van der Waals surface area (Å²) < 4.78 is 15.7. The fraction of sp³-hybridized carbons (Fsp3) is 0. The molecule has 0 spiro atoms. The number of furan rings is 2. The maximum Gasteiger partial charge on any atom is 0.235 e. The average Bonchev–Trinajstić information content (AvgIpc) is 3.96. The Bertz CT molecular complexity index is 3820. The predicted octanol–water partition coefficient (Wildman–Crippen LogP) is 14.2. The second kappa shape index (κ2) is 11.4. The standard InChI is InChI=1S/C52H29N3O2/c1-2-14-30(15-3-1)31-26-27-34(33-17-5-4-16-32(31)33)49-35-18-6-10-22-40(35)53-52(54-49)55-41-23-11-7-19-36(41)48-50(55)39-28-29-44-45(37-20-8-12-24-42(37)56-44)46(39)47-38-21-9-13-25-43(38)57-51(47)48/h1-29H. The van der Waals surface area contributed by atoms with Gasteiger partial charge in [-0.25, -0.2) is 9.97 Å². The number of para-hydroxylation sites is 4. The largest absolute Gasteiger partial charge is 0.456 e. The van der Waals surface area contributed by atoms with E-state index in [1.165, 1.54) is 16.5 Å². The Morgan fingerprint density at radius 3 is 1.79 bits per heavy atom. The summed E-state index contributed by atoms with van der Waals surface area (Å²) >= 11 is 0. The summed E-state index contributed by atoms with van der Waals surface area (Å²) in [5.74, 6) is 0.597. The second-order valence-electron chi connectivity index (χ2n) is 14.8. The van der Waals surface area contributed by atoms with E-state index in [2.05, 4.69) is 162 Å². The third-order valence-electron chi connectivity index (χ3n) is 11.8. The zero-order valence-electron chi connectivity index (χ0n) is 30.4. The first-order valence-electron chi connectivity index (χ1n) is 19.3. The molecule has 0 radical (unpaired) electrons. The van der Waals surface area contributed by atoms with Crippen LogP contribution in [0.4, 0.5) is 0 Å². The second-order valence-corrected chi connectivity index (χ2v) is 14.8. The van der Waals surface area contributed by atoms with E-state index in [4.69, 9.17) is 18.8 Å². The highest BCUT2D eigenvalue weighted by Crippen LogP contribution is 2.49. The lowest BCUT2D eigenvalue weighted by atomic mass is 9.93. The van der Waals surface area contributed by atoms with Crippen LogP contribution in [0.3, 0.4) is 0 Å². The molecule has 57 heavy (non-hydrogen) atoms. The van der Waals surface area contributed by atoms with Gasteiger partial charge in [0.25, 0.3) is 0 Å². The van der Waals surface area contributed by atoms with Gasteiger partial charge in [-0.3, -0.25) is 4.57 Å². The molecule has 0 aliphatic carbocycles. The summed E-state index contributed by atoms with van der Waals surface area (Å²) in [6.07, 6.45) is 0. The van der Waals surface area contributed by atoms with Gasteiger partial charge in [0.05, 0.1) is 27.6 Å². The summed E-state index contributed by atoms with van der Waals surface area (Å²) in [7, 11) is 0. The minimum absolute atomic E-state index is 0.597. The molecule has 9 aromatic carbocycles. The van der Waals surface area contributed by atoms with Crippen molar-refractivity contribution in [2.45, 2.75) is 0 Å². The first-order valence-corrected chi connectivity index (χ1v) is 19.3. The Morgan fingerprint density at radius 2 is 0.982 bits per heavy atom. The van der Waals surface area contributed by atoms with Gasteiger partial charge in [0.15, 0.2) is 0 Å². The molecule has 264 valence electrons. The van der Waals surface area contributed by atoms with Crippen LogP contribution in [0.5, 0.6) is 0 Å². The Balaban J connectivity index is 1.21. The van der Waals surface area contributed by atoms with Gasteiger partial charge in [0.1, 0.15) is 22.3 Å². The van der Waals surface area contributed by atoms with Crippen LogP contribution >= 0.6 is 0 Å².